The van der Waals surface area contributed by atoms with E-state index in [1.165, 1.54) is 22.3 Å². The molecular formula is C17H24N2O. The Labute approximate surface area is 121 Å². The molecule has 1 aromatic carbocycles. The molecule has 2 aromatic rings. The molecule has 0 aliphatic heterocycles. The number of aliphatic hydroxyl groups excluding tert-OH is 1. The summed E-state index contributed by atoms with van der Waals surface area (Å²) < 4.78 is 2.00. The van der Waals surface area contributed by atoms with E-state index in [-0.39, 0.29) is 0 Å². The third kappa shape index (κ3) is 2.63. The maximum absolute atomic E-state index is 9.86. The molecule has 2 rings (SSSR count). The first-order valence-electron chi connectivity index (χ1n) is 7.10. The molecule has 108 valence electrons. The van der Waals surface area contributed by atoms with E-state index in [1.807, 2.05) is 18.5 Å². The van der Waals surface area contributed by atoms with Gasteiger partial charge in [0.25, 0.3) is 0 Å². The smallest absolute Gasteiger partial charge is 0.0797 e. The van der Waals surface area contributed by atoms with Crippen molar-refractivity contribution in [3.8, 4) is 0 Å². The summed E-state index contributed by atoms with van der Waals surface area (Å²) in [6.07, 6.45) is -0.469. The molecule has 0 saturated heterocycles. The minimum Gasteiger partial charge on any atom is -0.389 e. The Morgan fingerprint density at radius 2 is 1.65 bits per heavy atom. The van der Waals surface area contributed by atoms with Gasteiger partial charge in [-0.2, -0.15) is 5.10 Å². The Balaban J connectivity index is 2.44. The summed E-state index contributed by atoms with van der Waals surface area (Å²) in [6.45, 7) is 13.0. The van der Waals surface area contributed by atoms with Crippen molar-refractivity contribution in [3.63, 3.8) is 0 Å². The first-order valence-corrected chi connectivity index (χ1v) is 7.10. The number of rotatable bonds is 3. The third-order valence-electron chi connectivity index (χ3n) is 4.00. The second kappa shape index (κ2) is 5.41. The van der Waals surface area contributed by atoms with Gasteiger partial charge < -0.3 is 5.11 Å². The normalized spacial score (nSPS) is 12.8. The van der Waals surface area contributed by atoms with Crippen LogP contribution in [0, 0.1) is 34.6 Å². The van der Waals surface area contributed by atoms with Crippen molar-refractivity contribution in [1.82, 2.24) is 9.78 Å². The number of nitrogens with zero attached hydrogens (tertiary/aromatic N) is 2. The van der Waals surface area contributed by atoms with Crippen LogP contribution in [0.2, 0.25) is 0 Å². The van der Waals surface area contributed by atoms with Gasteiger partial charge in [0, 0.05) is 11.3 Å². The van der Waals surface area contributed by atoms with Gasteiger partial charge in [-0.05, 0) is 58.2 Å². The SMILES string of the molecule is Cc1cc(C)c(Cn2nc(C)c(C(C)O)c2C)c(C)c1. The van der Waals surface area contributed by atoms with Crippen molar-refractivity contribution in [1.29, 1.82) is 0 Å². The number of aromatic nitrogens is 2. The van der Waals surface area contributed by atoms with Gasteiger partial charge in [-0.3, -0.25) is 4.68 Å². The standard InChI is InChI=1S/C17H24N2O/c1-10-7-11(2)16(12(3)8-10)9-19-14(5)17(15(6)20)13(4)18-19/h7-8,15,20H,9H2,1-6H3. The van der Waals surface area contributed by atoms with E-state index in [9.17, 15) is 5.11 Å². The van der Waals surface area contributed by atoms with E-state index in [4.69, 9.17) is 0 Å². The van der Waals surface area contributed by atoms with Crippen LogP contribution in [0.1, 0.15) is 52.2 Å². The quantitative estimate of drug-likeness (QED) is 0.928. The molecule has 20 heavy (non-hydrogen) atoms. The van der Waals surface area contributed by atoms with Gasteiger partial charge in [0.1, 0.15) is 0 Å². The van der Waals surface area contributed by atoms with E-state index in [1.54, 1.807) is 6.92 Å². The van der Waals surface area contributed by atoms with E-state index >= 15 is 0 Å². The minimum absolute atomic E-state index is 0.469. The molecule has 0 fully saturated rings. The minimum atomic E-state index is -0.469. The Morgan fingerprint density at radius 1 is 1.10 bits per heavy atom. The molecular weight excluding hydrogens is 248 g/mol. The summed E-state index contributed by atoms with van der Waals surface area (Å²) in [5.74, 6) is 0. The molecule has 0 radical (unpaired) electrons. The van der Waals surface area contributed by atoms with E-state index in [0.717, 1.165) is 23.5 Å². The molecule has 1 atom stereocenters. The summed E-state index contributed by atoms with van der Waals surface area (Å²) in [7, 11) is 0. The zero-order valence-electron chi connectivity index (χ0n) is 13.3. The maximum Gasteiger partial charge on any atom is 0.0797 e. The molecule has 0 saturated carbocycles. The van der Waals surface area contributed by atoms with Gasteiger partial charge in [-0.1, -0.05) is 17.7 Å². The predicted octanol–water partition coefficient (Wildman–Crippen LogP) is 3.53. The fourth-order valence-electron chi connectivity index (χ4n) is 3.08. The highest BCUT2D eigenvalue weighted by Crippen LogP contribution is 2.23. The molecule has 0 aliphatic rings. The summed E-state index contributed by atoms with van der Waals surface area (Å²) >= 11 is 0. The summed E-state index contributed by atoms with van der Waals surface area (Å²) in [5, 5.41) is 14.4. The van der Waals surface area contributed by atoms with Crippen molar-refractivity contribution < 1.29 is 5.11 Å². The van der Waals surface area contributed by atoms with Crippen LogP contribution in [-0.2, 0) is 6.54 Å². The highest BCUT2D eigenvalue weighted by molar-refractivity contribution is 5.38. The third-order valence-corrected chi connectivity index (χ3v) is 4.00. The molecule has 1 aromatic heterocycles. The average Bonchev–Trinajstić information content (AvgIpc) is 2.58. The second-order valence-corrected chi connectivity index (χ2v) is 5.80. The monoisotopic (exact) mass is 272 g/mol. The summed E-state index contributed by atoms with van der Waals surface area (Å²) in [4.78, 5) is 0. The molecule has 3 nitrogen and oxygen atoms in total. The molecule has 1 heterocycles. The fraction of sp³-hybridized carbons (Fsp3) is 0.471. The zero-order chi connectivity index (χ0) is 15.0. The van der Waals surface area contributed by atoms with Crippen LogP contribution in [0.25, 0.3) is 0 Å². The fourth-order valence-corrected chi connectivity index (χ4v) is 3.08. The molecule has 0 amide bonds. The van der Waals surface area contributed by atoms with Gasteiger partial charge >= 0.3 is 0 Å². The lowest BCUT2D eigenvalue weighted by Crippen LogP contribution is -2.08. The number of benzene rings is 1. The van der Waals surface area contributed by atoms with Gasteiger partial charge in [0.15, 0.2) is 0 Å². The van der Waals surface area contributed by atoms with Crippen LogP contribution in [0.3, 0.4) is 0 Å². The lowest BCUT2D eigenvalue weighted by atomic mass is 10.00. The first-order chi connectivity index (χ1) is 9.31. The van der Waals surface area contributed by atoms with Crippen molar-refractivity contribution in [2.24, 2.45) is 0 Å². The number of hydrogen-bond donors (Lipinski definition) is 1. The summed E-state index contributed by atoms with van der Waals surface area (Å²) in [6, 6.07) is 4.42. The Morgan fingerprint density at radius 3 is 2.10 bits per heavy atom. The first kappa shape index (κ1) is 14.8. The predicted molar refractivity (Wildman–Crippen MR) is 82.1 cm³/mol. The van der Waals surface area contributed by atoms with Crippen molar-refractivity contribution in [2.45, 2.75) is 54.2 Å². The molecule has 3 heteroatoms. The van der Waals surface area contributed by atoms with Crippen LogP contribution < -0.4 is 0 Å². The van der Waals surface area contributed by atoms with Crippen LogP contribution in [0.4, 0.5) is 0 Å². The molecule has 0 aliphatic carbocycles. The largest absolute Gasteiger partial charge is 0.389 e. The molecule has 0 spiro atoms. The highest BCUT2D eigenvalue weighted by Gasteiger charge is 2.16. The average molecular weight is 272 g/mol. The highest BCUT2D eigenvalue weighted by atomic mass is 16.3. The maximum atomic E-state index is 9.86. The second-order valence-electron chi connectivity index (χ2n) is 5.80. The Hall–Kier alpha value is -1.61. The van der Waals surface area contributed by atoms with Crippen LogP contribution in [-0.4, -0.2) is 14.9 Å². The number of hydrogen-bond acceptors (Lipinski definition) is 2. The van der Waals surface area contributed by atoms with Crippen LogP contribution in [0.15, 0.2) is 12.1 Å². The van der Waals surface area contributed by atoms with E-state index < -0.39 is 6.10 Å². The molecule has 0 bridgehead atoms. The van der Waals surface area contributed by atoms with Gasteiger partial charge in [-0.15, -0.1) is 0 Å². The van der Waals surface area contributed by atoms with Gasteiger partial charge in [0.2, 0.25) is 0 Å². The molecule has 1 unspecified atom stereocenters. The number of aliphatic hydroxyl groups is 1. The lowest BCUT2D eigenvalue weighted by molar-refractivity contribution is 0.197. The van der Waals surface area contributed by atoms with E-state index in [0.29, 0.717) is 0 Å². The lowest BCUT2D eigenvalue weighted by Gasteiger charge is -2.13. The van der Waals surface area contributed by atoms with Gasteiger partial charge in [0.05, 0.1) is 18.3 Å². The van der Waals surface area contributed by atoms with E-state index in [2.05, 4.69) is 38.0 Å². The van der Waals surface area contributed by atoms with Crippen molar-refractivity contribution >= 4 is 0 Å². The van der Waals surface area contributed by atoms with Crippen LogP contribution in [0.5, 0.6) is 0 Å². The van der Waals surface area contributed by atoms with Crippen molar-refractivity contribution in [2.75, 3.05) is 0 Å². The Bertz CT molecular complexity index is 616. The zero-order valence-corrected chi connectivity index (χ0v) is 13.3. The number of aryl methyl sites for hydroxylation is 4. The van der Waals surface area contributed by atoms with Crippen LogP contribution >= 0.6 is 0 Å². The Kier molecular flexibility index (Phi) is 4.00. The molecule has 1 N–H and O–H groups in total. The van der Waals surface area contributed by atoms with Crippen molar-refractivity contribution in [3.05, 3.63) is 51.3 Å². The van der Waals surface area contributed by atoms with Gasteiger partial charge in [-0.25, -0.2) is 0 Å². The topological polar surface area (TPSA) is 38.0 Å². The summed E-state index contributed by atoms with van der Waals surface area (Å²) in [5.41, 5.74) is 8.13.